The van der Waals surface area contributed by atoms with Crippen LogP contribution in [0.1, 0.15) is 24.3 Å². The van der Waals surface area contributed by atoms with Gasteiger partial charge in [0.25, 0.3) is 5.91 Å². The Hall–Kier alpha value is -2.28. The molecule has 0 spiro atoms. The zero-order valence-electron chi connectivity index (χ0n) is 11.8. The van der Waals surface area contributed by atoms with E-state index >= 15 is 0 Å². The van der Waals surface area contributed by atoms with Gasteiger partial charge in [-0.15, -0.1) is 0 Å². The lowest BCUT2D eigenvalue weighted by atomic mass is 10.1. The van der Waals surface area contributed by atoms with E-state index in [2.05, 4.69) is 15.4 Å². The summed E-state index contributed by atoms with van der Waals surface area (Å²) in [6.07, 6.45) is -0.109. The summed E-state index contributed by atoms with van der Waals surface area (Å²) in [6, 6.07) is 3.23. The number of rotatable bonds is 5. The van der Waals surface area contributed by atoms with Gasteiger partial charge in [0.2, 0.25) is 0 Å². The van der Waals surface area contributed by atoms with E-state index in [9.17, 15) is 4.79 Å². The van der Waals surface area contributed by atoms with Crippen LogP contribution in [-0.4, -0.2) is 34.5 Å². The number of hydrogen-bond donors (Lipinski definition) is 2. The van der Waals surface area contributed by atoms with Crippen LogP contribution in [0.3, 0.4) is 0 Å². The van der Waals surface area contributed by atoms with Crippen LogP contribution in [0.5, 0.6) is 11.5 Å². The van der Waals surface area contributed by atoms with Crippen molar-refractivity contribution in [3.63, 3.8) is 0 Å². The highest BCUT2D eigenvalue weighted by Gasteiger charge is 2.23. The topological polar surface area (TPSA) is 103 Å². The monoisotopic (exact) mass is 310 g/mol. The van der Waals surface area contributed by atoms with Gasteiger partial charge < -0.3 is 15.2 Å². The van der Waals surface area contributed by atoms with E-state index in [0.29, 0.717) is 22.1 Å². The number of halogens is 1. The lowest BCUT2D eigenvalue weighted by molar-refractivity contribution is 0.0996. The van der Waals surface area contributed by atoms with E-state index < -0.39 is 5.91 Å². The lowest BCUT2D eigenvalue weighted by Crippen LogP contribution is -2.13. The number of amides is 1. The molecule has 0 saturated carbocycles. The van der Waals surface area contributed by atoms with Crippen molar-refractivity contribution in [2.45, 2.75) is 20.0 Å². The number of carbonyl (C=O) groups excluding carboxylic acids is 1. The molecule has 0 fully saturated rings. The van der Waals surface area contributed by atoms with Crippen molar-refractivity contribution in [1.82, 2.24) is 15.4 Å². The number of aromatic amines is 1. The van der Waals surface area contributed by atoms with E-state index in [0.717, 1.165) is 0 Å². The zero-order valence-corrected chi connectivity index (χ0v) is 12.6. The van der Waals surface area contributed by atoms with E-state index in [4.69, 9.17) is 26.8 Å². The number of carbonyl (C=O) groups is 1. The number of hydrogen-bond acceptors (Lipinski definition) is 5. The maximum absolute atomic E-state index is 11.4. The Labute approximate surface area is 126 Å². The number of nitrogens with one attached hydrogen (secondary N) is 1. The van der Waals surface area contributed by atoms with E-state index in [-0.39, 0.29) is 17.5 Å². The van der Waals surface area contributed by atoms with Gasteiger partial charge in [-0.05, 0) is 19.9 Å². The van der Waals surface area contributed by atoms with E-state index in [1.165, 1.54) is 7.11 Å². The smallest absolute Gasteiger partial charge is 0.271 e. The molecule has 1 aromatic carbocycles. The Morgan fingerprint density at radius 1 is 1.38 bits per heavy atom. The highest BCUT2D eigenvalue weighted by molar-refractivity contribution is 6.31. The standard InChI is InChI=1S/C13H15ClN4O3/c1-6(2)21-12-8(4-7(14)5-9(12)20-3)10-11(13(15)19)17-18-16-10/h4-6H,1-3H3,(H2,15,19)(H,16,17,18). The van der Waals surface area contributed by atoms with Crippen LogP contribution in [-0.2, 0) is 0 Å². The molecule has 0 saturated heterocycles. The highest BCUT2D eigenvalue weighted by atomic mass is 35.5. The molecule has 3 N–H and O–H groups in total. The number of primary amides is 1. The average molecular weight is 311 g/mol. The minimum atomic E-state index is -0.701. The molecule has 0 aliphatic rings. The molecule has 7 nitrogen and oxygen atoms in total. The molecule has 21 heavy (non-hydrogen) atoms. The molecular formula is C13H15ClN4O3. The molecule has 0 aliphatic carbocycles. The van der Waals surface area contributed by atoms with Crippen molar-refractivity contribution < 1.29 is 14.3 Å². The second-order valence-electron chi connectivity index (χ2n) is 4.54. The van der Waals surface area contributed by atoms with Crippen molar-refractivity contribution in [3.05, 3.63) is 22.8 Å². The third-order valence-corrected chi connectivity index (χ3v) is 2.85. The Bertz CT molecular complexity index is 669. The molecule has 1 amide bonds. The molecule has 0 bridgehead atoms. The van der Waals surface area contributed by atoms with Crippen LogP contribution in [0.2, 0.25) is 5.02 Å². The van der Waals surface area contributed by atoms with Crippen LogP contribution < -0.4 is 15.2 Å². The first-order valence-corrected chi connectivity index (χ1v) is 6.57. The number of methoxy groups -OCH3 is 1. The first-order valence-electron chi connectivity index (χ1n) is 6.19. The van der Waals surface area contributed by atoms with Crippen molar-refractivity contribution in [2.24, 2.45) is 5.73 Å². The third kappa shape index (κ3) is 3.08. The minimum absolute atomic E-state index is 0.00734. The number of nitrogens with zero attached hydrogens (tertiary/aromatic N) is 2. The number of benzene rings is 1. The number of ether oxygens (including phenoxy) is 2. The first kappa shape index (κ1) is 15.1. The molecule has 1 aromatic heterocycles. The van der Waals surface area contributed by atoms with Crippen molar-refractivity contribution in [1.29, 1.82) is 0 Å². The highest BCUT2D eigenvalue weighted by Crippen LogP contribution is 2.41. The number of nitrogens with two attached hydrogens (primary N) is 1. The van der Waals surface area contributed by atoms with Gasteiger partial charge in [-0.1, -0.05) is 11.6 Å². The van der Waals surface area contributed by atoms with E-state index in [1.54, 1.807) is 12.1 Å². The number of aromatic nitrogens is 3. The average Bonchev–Trinajstić information content (AvgIpc) is 2.89. The summed E-state index contributed by atoms with van der Waals surface area (Å²) >= 11 is 6.08. The summed E-state index contributed by atoms with van der Waals surface area (Å²) in [6.45, 7) is 3.74. The Morgan fingerprint density at radius 3 is 2.67 bits per heavy atom. The molecule has 0 atom stereocenters. The summed E-state index contributed by atoms with van der Waals surface area (Å²) in [5, 5.41) is 10.5. The van der Waals surface area contributed by atoms with Gasteiger partial charge in [0, 0.05) is 11.1 Å². The Morgan fingerprint density at radius 2 is 2.10 bits per heavy atom. The fourth-order valence-electron chi connectivity index (χ4n) is 1.84. The largest absolute Gasteiger partial charge is 0.493 e. The van der Waals surface area contributed by atoms with Crippen molar-refractivity contribution >= 4 is 17.5 Å². The van der Waals surface area contributed by atoms with Crippen LogP contribution in [0.15, 0.2) is 12.1 Å². The van der Waals surface area contributed by atoms with Crippen LogP contribution in [0.25, 0.3) is 11.3 Å². The Balaban J connectivity index is 2.68. The van der Waals surface area contributed by atoms with Gasteiger partial charge in [-0.2, -0.15) is 15.4 Å². The lowest BCUT2D eigenvalue weighted by Gasteiger charge is -2.17. The molecular weight excluding hydrogens is 296 g/mol. The molecule has 2 aromatic rings. The van der Waals surface area contributed by atoms with Crippen molar-refractivity contribution in [2.75, 3.05) is 7.11 Å². The SMILES string of the molecule is COc1cc(Cl)cc(-c2n[nH]nc2C(N)=O)c1OC(C)C. The van der Waals surface area contributed by atoms with Gasteiger partial charge in [0.15, 0.2) is 17.2 Å². The predicted octanol–water partition coefficient (Wildman–Crippen LogP) is 2.02. The second kappa shape index (κ2) is 6.01. The second-order valence-corrected chi connectivity index (χ2v) is 4.97. The molecule has 1 heterocycles. The van der Waals surface area contributed by atoms with Gasteiger partial charge in [0.1, 0.15) is 5.69 Å². The maximum Gasteiger partial charge on any atom is 0.271 e. The van der Waals surface area contributed by atoms with Crippen LogP contribution >= 0.6 is 11.6 Å². The maximum atomic E-state index is 11.4. The molecule has 2 rings (SSSR count). The molecule has 8 heteroatoms. The van der Waals surface area contributed by atoms with Crippen molar-refractivity contribution in [3.8, 4) is 22.8 Å². The summed E-state index contributed by atoms with van der Waals surface area (Å²) < 4.78 is 11.0. The third-order valence-electron chi connectivity index (χ3n) is 2.63. The van der Waals surface area contributed by atoms with Gasteiger partial charge in [-0.25, -0.2) is 0 Å². The number of H-pyrrole nitrogens is 1. The van der Waals surface area contributed by atoms with Crippen LogP contribution in [0.4, 0.5) is 0 Å². The summed E-state index contributed by atoms with van der Waals surface area (Å²) in [5.41, 5.74) is 6.04. The minimum Gasteiger partial charge on any atom is -0.493 e. The van der Waals surface area contributed by atoms with E-state index in [1.807, 2.05) is 13.8 Å². The van der Waals surface area contributed by atoms with Crippen LogP contribution in [0, 0.1) is 0 Å². The van der Waals surface area contributed by atoms with Gasteiger partial charge in [-0.3, -0.25) is 4.79 Å². The molecule has 0 unspecified atom stereocenters. The zero-order chi connectivity index (χ0) is 15.6. The summed E-state index contributed by atoms with van der Waals surface area (Å²) in [7, 11) is 1.50. The molecule has 0 radical (unpaired) electrons. The summed E-state index contributed by atoms with van der Waals surface area (Å²) in [5.74, 6) is 0.158. The normalized spacial score (nSPS) is 10.7. The summed E-state index contributed by atoms with van der Waals surface area (Å²) in [4.78, 5) is 11.4. The fourth-order valence-corrected chi connectivity index (χ4v) is 2.05. The predicted molar refractivity (Wildman–Crippen MR) is 77.7 cm³/mol. The Kier molecular flexibility index (Phi) is 4.32. The molecule has 112 valence electrons. The molecule has 0 aliphatic heterocycles. The fraction of sp³-hybridized carbons (Fsp3) is 0.308. The van der Waals surface area contributed by atoms with Gasteiger partial charge in [0.05, 0.1) is 18.8 Å². The van der Waals surface area contributed by atoms with Gasteiger partial charge >= 0.3 is 0 Å². The first-order chi connectivity index (χ1) is 9.93. The quantitative estimate of drug-likeness (QED) is 0.879.